The van der Waals surface area contributed by atoms with Gasteiger partial charge < -0.3 is 19.3 Å². The second-order valence-corrected chi connectivity index (χ2v) is 7.63. The van der Waals surface area contributed by atoms with Crippen LogP contribution in [0.25, 0.3) is 0 Å². The van der Waals surface area contributed by atoms with Crippen LogP contribution in [0.5, 0.6) is 11.5 Å². The largest absolute Gasteiger partial charge is 0.494 e. The van der Waals surface area contributed by atoms with Crippen molar-refractivity contribution in [3.05, 3.63) is 59.7 Å². The van der Waals surface area contributed by atoms with E-state index in [0.717, 1.165) is 12.2 Å². The van der Waals surface area contributed by atoms with Crippen LogP contribution in [0.3, 0.4) is 0 Å². The molecular formula is C24H29ClO4. The van der Waals surface area contributed by atoms with E-state index < -0.39 is 6.10 Å². The molecule has 0 aromatic heterocycles. The molecule has 0 aliphatic heterocycles. The van der Waals surface area contributed by atoms with Crippen molar-refractivity contribution in [1.29, 1.82) is 0 Å². The van der Waals surface area contributed by atoms with Gasteiger partial charge >= 0.3 is 0 Å². The predicted molar refractivity (Wildman–Crippen MR) is 117 cm³/mol. The molecule has 0 aliphatic rings. The maximum atomic E-state index is 9.82. The minimum absolute atomic E-state index is 0.151. The van der Waals surface area contributed by atoms with Crippen LogP contribution in [0.2, 0.25) is 0 Å². The molecule has 0 saturated heterocycles. The number of hydrogen-bond acceptors (Lipinski definition) is 4. The number of halogens is 1. The van der Waals surface area contributed by atoms with E-state index in [4.69, 9.17) is 32.2 Å². The lowest BCUT2D eigenvalue weighted by Crippen LogP contribution is -2.23. The average Bonchev–Trinajstić information content (AvgIpc) is 2.73. The van der Waals surface area contributed by atoms with E-state index in [9.17, 15) is 5.11 Å². The van der Waals surface area contributed by atoms with Gasteiger partial charge in [-0.1, -0.05) is 44.0 Å². The average molecular weight is 417 g/mol. The molecule has 0 spiro atoms. The van der Waals surface area contributed by atoms with E-state index in [-0.39, 0.29) is 25.2 Å². The van der Waals surface area contributed by atoms with Crippen molar-refractivity contribution >= 4 is 11.6 Å². The van der Waals surface area contributed by atoms with Gasteiger partial charge in [-0.05, 0) is 41.8 Å². The summed E-state index contributed by atoms with van der Waals surface area (Å²) in [5, 5.41) is 9.82. The number of benzene rings is 2. The Bertz CT molecular complexity index is 763. The first-order chi connectivity index (χ1) is 14.0. The van der Waals surface area contributed by atoms with Crippen LogP contribution in [0.1, 0.15) is 31.4 Å². The summed E-state index contributed by atoms with van der Waals surface area (Å²) in [6.07, 6.45) is 5.22. The van der Waals surface area contributed by atoms with Crippen molar-refractivity contribution in [2.75, 3.05) is 32.3 Å². The molecule has 2 rings (SSSR count). The Labute approximate surface area is 178 Å². The van der Waals surface area contributed by atoms with E-state index >= 15 is 0 Å². The fraction of sp³-hybridized carbons (Fsp3) is 0.417. The lowest BCUT2D eigenvalue weighted by Gasteiger charge is -2.26. The molecule has 0 radical (unpaired) electrons. The molecule has 29 heavy (non-hydrogen) atoms. The van der Waals surface area contributed by atoms with Crippen LogP contribution >= 0.6 is 11.6 Å². The smallest absolute Gasteiger partial charge is 0.119 e. The van der Waals surface area contributed by atoms with E-state index in [1.165, 1.54) is 11.1 Å². The Hall–Kier alpha value is -2.19. The van der Waals surface area contributed by atoms with Crippen molar-refractivity contribution in [3.63, 3.8) is 0 Å². The molecule has 2 aromatic carbocycles. The molecular weight excluding hydrogens is 388 g/mol. The Morgan fingerprint density at radius 3 is 2.03 bits per heavy atom. The lowest BCUT2D eigenvalue weighted by molar-refractivity contribution is 0.0229. The Balaban J connectivity index is 1.94. The lowest BCUT2D eigenvalue weighted by atomic mass is 9.78. The Morgan fingerprint density at radius 2 is 1.52 bits per heavy atom. The van der Waals surface area contributed by atoms with Gasteiger partial charge in [0, 0.05) is 11.3 Å². The Kier molecular flexibility index (Phi) is 9.34. The molecule has 0 aliphatic carbocycles. The second kappa shape index (κ2) is 11.7. The highest BCUT2D eigenvalue weighted by Gasteiger charge is 2.23. The van der Waals surface area contributed by atoms with E-state index in [2.05, 4.69) is 31.9 Å². The summed E-state index contributed by atoms with van der Waals surface area (Å²) in [7, 11) is 0. The first-order valence-corrected chi connectivity index (χ1v) is 10.2. The van der Waals surface area contributed by atoms with Crippen LogP contribution in [0, 0.1) is 12.3 Å². The van der Waals surface area contributed by atoms with Crippen LogP contribution in [-0.2, 0) is 10.2 Å². The number of terminal acetylenes is 1. The van der Waals surface area contributed by atoms with Gasteiger partial charge in [-0.2, -0.15) is 0 Å². The fourth-order valence-electron chi connectivity index (χ4n) is 2.84. The second-order valence-electron chi connectivity index (χ2n) is 7.25. The highest BCUT2D eigenvalue weighted by Crippen LogP contribution is 2.33. The zero-order chi connectivity index (χ0) is 21.1. The summed E-state index contributed by atoms with van der Waals surface area (Å²) < 4.78 is 16.4. The molecule has 1 atom stereocenters. The highest BCUT2D eigenvalue weighted by molar-refractivity contribution is 6.17. The topological polar surface area (TPSA) is 47.9 Å². The zero-order valence-corrected chi connectivity index (χ0v) is 17.8. The normalized spacial score (nSPS) is 12.2. The molecule has 0 saturated carbocycles. The molecule has 4 nitrogen and oxygen atoms in total. The number of rotatable bonds is 12. The summed E-state index contributed by atoms with van der Waals surface area (Å²) in [5.41, 5.74) is 2.19. The number of hydrogen-bond donors (Lipinski definition) is 1. The molecule has 0 heterocycles. The van der Waals surface area contributed by atoms with Crippen molar-refractivity contribution < 1.29 is 19.3 Å². The Morgan fingerprint density at radius 1 is 0.966 bits per heavy atom. The predicted octanol–water partition coefficient (Wildman–Crippen LogP) is 4.41. The first-order valence-electron chi connectivity index (χ1n) is 9.69. The standard InChI is InChI=1S/C24H29ClO4/c1-4-15-27-17-21(26)18-29-23-12-8-20(9-13-23)24(2,3)19-6-10-22(11-7-19)28-16-5-14-25/h1,6-13,21,26H,5,14-18H2,2-3H3. The molecule has 0 bridgehead atoms. The van der Waals surface area contributed by atoms with Crippen LogP contribution in [0.4, 0.5) is 0 Å². The highest BCUT2D eigenvalue weighted by atomic mass is 35.5. The van der Waals surface area contributed by atoms with Crippen molar-refractivity contribution in [2.45, 2.75) is 31.8 Å². The number of ether oxygens (including phenoxy) is 3. The summed E-state index contributed by atoms with van der Waals surface area (Å²) in [4.78, 5) is 0. The van der Waals surface area contributed by atoms with Crippen molar-refractivity contribution in [2.24, 2.45) is 0 Å². The summed E-state index contributed by atoms with van der Waals surface area (Å²) >= 11 is 5.68. The SMILES string of the molecule is C#CCOCC(O)COc1ccc(C(C)(C)c2ccc(OCCCCl)cc2)cc1. The van der Waals surface area contributed by atoms with Gasteiger partial charge in [-0.15, -0.1) is 18.0 Å². The van der Waals surface area contributed by atoms with Crippen LogP contribution in [-0.4, -0.2) is 43.5 Å². The molecule has 156 valence electrons. The third-order valence-electron chi connectivity index (χ3n) is 4.64. The van der Waals surface area contributed by atoms with Crippen molar-refractivity contribution in [3.8, 4) is 23.8 Å². The number of alkyl halides is 1. The van der Waals surface area contributed by atoms with Crippen LogP contribution in [0.15, 0.2) is 48.5 Å². The monoisotopic (exact) mass is 416 g/mol. The minimum atomic E-state index is -0.718. The minimum Gasteiger partial charge on any atom is -0.494 e. The van der Waals surface area contributed by atoms with Gasteiger partial charge in [0.05, 0.1) is 13.2 Å². The maximum Gasteiger partial charge on any atom is 0.119 e. The van der Waals surface area contributed by atoms with Gasteiger partial charge in [0.25, 0.3) is 0 Å². The molecule has 5 heteroatoms. The van der Waals surface area contributed by atoms with E-state index in [1.54, 1.807) is 0 Å². The molecule has 0 amide bonds. The fourth-order valence-corrected chi connectivity index (χ4v) is 2.95. The third kappa shape index (κ3) is 7.29. The van der Waals surface area contributed by atoms with Gasteiger partial charge in [0.1, 0.15) is 30.8 Å². The van der Waals surface area contributed by atoms with Gasteiger partial charge in [0.15, 0.2) is 0 Å². The molecule has 2 aromatic rings. The quantitative estimate of drug-likeness (QED) is 0.316. The number of aliphatic hydroxyl groups is 1. The zero-order valence-electron chi connectivity index (χ0n) is 17.1. The van der Waals surface area contributed by atoms with Gasteiger partial charge in [-0.25, -0.2) is 0 Å². The molecule has 1 N–H and O–H groups in total. The van der Waals surface area contributed by atoms with Gasteiger partial charge in [-0.3, -0.25) is 0 Å². The third-order valence-corrected chi connectivity index (χ3v) is 4.90. The summed E-state index contributed by atoms with van der Waals surface area (Å²) in [6.45, 7) is 5.47. The van der Waals surface area contributed by atoms with Crippen molar-refractivity contribution in [1.82, 2.24) is 0 Å². The number of aliphatic hydroxyl groups excluding tert-OH is 1. The molecule has 1 unspecified atom stereocenters. The van der Waals surface area contributed by atoms with Gasteiger partial charge in [0.2, 0.25) is 0 Å². The summed E-state index contributed by atoms with van der Waals surface area (Å²) in [6, 6.07) is 16.1. The first kappa shape index (κ1) is 23.1. The summed E-state index contributed by atoms with van der Waals surface area (Å²) in [5.74, 6) is 4.51. The molecule has 0 fully saturated rings. The van der Waals surface area contributed by atoms with Crippen LogP contribution < -0.4 is 9.47 Å². The van der Waals surface area contributed by atoms with E-state index in [1.807, 2.05) is 36.4 Å². The van der Waals surface area contributed by atoms with E-state index in [0.29, 0.717) is 18.2 Å². The maximum absolute atomic E-state index is 9.82.